The van der Waals surface area contributed by atoms with E-state index in [1.54, 1.807) is 0 Å². The van der Waals surface area contributed by atoms with Crippen molar-refractivity contribution in [2.45, 2.75) is 32.4 Å². The van der Waals surface area contributed by atoms with Crippen LogP contribution < -0.4 is 10.6 Å². The van der Waals surface area contributed by atoms with Crippen LogP contribution in [0.1, 0.15) is 24.5 Å². The molecule has 1 fully saturated rings. The van der Waals surface area contributed by atoms with E-state index < -0.39 is 0 Å². The molecule has 21 heavy (non-hydrogen) atoms. The van der Waals surface area contributed by atoms with Crippen LogP contribution in [0.4, 0.5) is 0 Å². The third kappa shape index (κ3) is 3.44. The summed E-state index contributed by atoms with van der Waals surface area (Å²) < 4.78 is 0. The largest absolute Gasteiger partial charge is 0.354 e. The molecular formula is C17H25N3O. The first-order valence-electron chi connectivity index (χ1n) is 8.06. The Labute approximate surface area is 126 Å². The fourth-order valence-corrected chi connectivity index (χ4v) is 3.37. The van der Waals surface area contributed by atoms with E-state index in [2.05, 4.69) is 46.7 Å². The molecule has 2 atom stereocenters. The van der Waals surface area contributed by atoms with Crippen molar-refractivity contribution < 1.29 is 4.79 Å². The van der Waals surface area contributed by atoms with Crippen molar-refractivity contribution in [2.24, 2.45) is 5.92 Å². The van der Waals surface area contributed by atoms with Crippen LogP contribution in [0.25, 0.3) is 0 Å². The standard InChI is InChI=1S/C17H25N3O/c1-2-20-8-7-13(12-20)10-19-17(21)16-9-14-5-3-4-6-15(14)11-18-16/h3-6,13,16,18H,2,7-12H2,1H3,(H,19,21). The van der Waals surface area contributed by atoms with Crippen molar-refractivity contribution in [3.8, 4) is 0 Å². The van der Waals surface area contributed by atoms with Gasteiger partial charge in [0.25, 0.3) is 0 Å². The Morgan fingerprint density at radius 2 is 2.19 bits per heavy atom. The first kappa shape index (κ1) is 14.5. The predicted octanol–water partition coefficient (Wildman–Crippen LogP) is 1.16. The third-order valence-electron chi connectivity index (χ3n) is 4.78. The van der Waals surface area contributed by atoms with Gasteiger partial charge in [0.05, 0.1) is 6.04 Å². The molecule has 2 heterocycles. The van der Waals surface area contributed by atoms with Gasteiger partial charge in [-0.3, -0.25) is 4.79 Å². The minimum absolute atomic E-state index is 0.0800. The molecule has 0 spiro atoms. The summed E-state index contributed by atoms with van der Waals surface area (Å²) in [5.74, 6) is 0.768. The summed E-state index contributed by atoms with van der Waals surface area (Å²) in [5.41, 5.74) is 2.62. The van der Waals surface area contributed by atoms with Crippen molar-refractivity contribution in [2.75, 3.05) is 26.2 Å². The van der Waals surface area contributed by atoms with Crippen LogP contribution in [-0.2, 0) is 17.8 Å². The fraction of sp³-hybridized carbons (Fsp3) is 0.588. The first-order chi connectivity index (χ1) is 10.3. The predicted molar refractivity (Wildman–Crippen MR) is 84.0 cm³/mol. The van der Waals surface area contributed by atoms with Gasteiger partial charge in [-0.15, -0.1) is 0 Å². The molecule has 4 nitrogen and oxygen atoms in total. The van der Waals surface area contributed by atoms with Crippen LogP contribution >= 0.6 is 0 Å². The lowest BCUT2D eigenvalue weighted by molar-refractivity contribution is -0.123. The van der Waals surface area contributed by atoms with E-state index in [1.165, 1.54) is 24.1 Å². The van der Waals surface area contributed by atoms with Gasteiger partial charge < -0.3 is 15.5 Å². The molecule has 0 aromatic heterocycles. The van der Waals surface area contributed by atoms with E-state index in [0.717, 1.165) is 32.6 Å². The lowest BCUT2D eigenvalue weighted by atomic mass is 9.95. The Balaban J connectivity index is 1.48. The van der Waals surface area contributed by atoms with Crippen molar-refractivity contribution in [1.82, 2.24) is 15.5 Å². The molecular weight excluding hydrogens is 262 g/mol. The summed E-state index contributed by atoms with van der Waals surface area (Å²) >= 11 is 0. The lowest BCUT2D eigenvalue weighted by Gasteiger charge is -2.25. The molecule has 1 aromatic carbocycles. The van der Waals surface area contributed by atoms with E-state index in [0.29, 0.717) is 5.92 Å². The minimum Gasteiger partial charge on any atom is -0.354 e. The molecule has 114 valence electrons. The summed E-state index contributed by atoms with van der Waals surface area (Å²) in [7, 11) is 0. The van der Waals surface area contributed by atoms with E-state index in [9.17, 15) is 4.79 Å². The summed E-state index contributed by atoms with van der Waals surface area (Å²) in [6.45, 7) is 7.22. The average Bonchev–Trinajstić information content (AvgIpc) is 3.00. The molecule has 4 heteroatoms. The SMILES string of the molecule is CCN1CCC(CNC(=O)C2Cc3ccccc3CN2)C1. The number of nitrogens with one attached hydrogen (secondary N) is 2. The first-order valence-corrected chi connectivity index (χ1v) is 8.06. The van der Waals surface area contributed by atoms with E-state index in [4.69, 9.17) is 0 Å². The summed E-state index contributed by atoms with van der Waals surface area (Å²) in [5, 5.41) is 6.49. The number of carbonyl (C=O) groups excluding carboxylic acids is 1. The number of likely N-dealkylation sites (tertiary alicyclic amines) is 1. The molecule has 0 saturated carbocycles. The highest BCUT2D eigenvalue weighted by Crippen LogP contribution is 2.17. The second kappa shape index (κ2) is 6.58. The molecule has 0 radical (unpaired) electrons. The van der Waals surface area contributed by atoms with E-state index in [-0.39, 0.29) is 11.9 Å². The minimum atomic E-state index is -0.0800. The zero-order valence-electron chi connectivity index (χ0n) is 12.8. The molecule has 1 amide bonds. The zero-order chi connectivity index (χ0) is 14.7. The van der Waals surface area contributed by atoms with Gasteiger partial charge in [-0.2, -0.15) is 0 Å². The quantitative estimate of drug-likeness (QED) is 0.873. The molecule has 1 saturated heterocycles. The number of carbonyl (C=O) groups is 1. The molecule has 0 aliphatic carbocycles. The molecule has 3 rings (SSSR count). The molecule has 1 aromatic rings. The second-order valence-corrected chi connectivity index (χ2v) is 6.20. The van der Waals surface area contributed by atoms with Crippen molar-refractivity contribution in [3.05, 3.63) is 35.4 Å². The van der Waals surface area contributed by atoms with Gasteiger partial charge in [-0.1, -0.05) is 31.2 Å². The van der Waals surface area contributed by atoms with E-state index >= 15 is 0 Å². The van der Waals surface area contributed by atoms with Gasteiger partial charge in [-0.25, -0.2) is 0 Å². The number of hydrogen-bond acceptors (Lipinski definition) is 3. The molecule has 0 bridgehead atoms. The number of amides is 1. The van der Waals surface area contributed by atoms with Crippen LogP contribution in [0.2, 0.25) is 0 Å². The van der Waals surface area contributed by atoms with Gasteiger partial charge in [-0.05, 0) is 43.0 Å². The number of fused-ring (bicyclic) bond motifs is 1. The average molecular weight is 287 g/mol. The second-order valence-electron chi connectivity index (χ2n) is 6.20. The van der Waals surface area contributed by atoms with Gasteiger partial charge in [0.2, 0.25) is 5.91 Å². The smallest absolute Gasteiger partial charge is 0.237 e. The number of hydrogen-bond donors (Lipinski definition) is 2. The summed E-state index contributed by atoms with van der Waals surface area (Å²) in [6, 6.07) is 8.29. The third-order valence-corrected chi connectivity index (χ3v) is 4.78. The van der Waals surface area contributed by atoms with Crippen molar-refractivity contribution in [3.63, 3.8) is 0 Å². The Hall–Kier alpha value is -1.39. The highest BCUT2D eigenvalue weighted by molar-refractivity contribution is 5.82. The molecule has 2 aliphatic rings. The molecule has 2 unspecified atom stereocenters. The Bertz CT molecular complexity index is 503. The highest BCUT2D eigenvalue weighted by Gasteiger charge is 2.26. The van der Waals surface area contributed by atoms with Gasteiger partial charge in [0, 0.05) is 19.6 Å². The Morgan fingerprint density at radius 1 is 1.38 bits per heavy atom. The van der Waals surface area contributed by atoms with Crippen molar-refractivity contribution in [1.29, 1.82) is 0 Å². The van der Waals surface area contributed by atoms with Crippen LogP contribution in [0.3, 0.4) is 0 Å². The van der Waals surface area contributed by atoms with Crippen LogP contribution in [-0.4, -0.2) is 43.0 Å². The van der Waals surface area contributed by atoms with Crippen LogP contribution in [0.5, 0.6) is 0 Å². The monoisotopic (exact) mass is 287 g/mol. The molecule has 2 N–H and O–H groups in total. The van der Waals surface area contributed by atoms with Crippen LogP contribution in [0, 0.1) is 5.92 Å². The summed E-state index contributed by atoms with van der Waals surface area (Å²) in [6.07, 6.45) is 2.00. The maximum absolute atomic E-state index is 12.3. The van der Waals surface area contributed by atoms with E-state index in [1.807, 2.05) is 0 Å². The lowest BCUT2D eigenvalue weighted by Crippen LogP contribution is -2.48. The molecule has 2 aliphatic heterocycles. The number of nitrogens with zero attached hydrogens (tertiary/aromatic N) is 1. The van der Waals surface area contributed by atoms with Gasteiger partial charge in [0.15, 0.2) is 0 Å². The highest BCUT2D eigenvalue weighted by atomic mass is 16.2. The topological polar surface area (TPSA) is 44.4 Å². The number of rotatable bonds is 4. The normalized spacial score (nSPS) is 25.6. The van der Waals surface area contributed by atoms with Crippen LogP contribution in [0.15, 0.2) is 24.3 Å². The van der Waals surface area contributed by atoms with Crippen molar-refractivity contribution >= 4 is 5.91 Å². The number of benzene rings is 1. The maximum Gasteiger partial charge on any atom is 0.237 e. The Kier molecular flexibility index (Phi) is 4.56. The van der Waals surface area contributed by atoms with Gasteiger partial charge >= 0.3 is 0 Å². The summed E-state index contributed by atoms with van der Waals surface area (Å²) in [4.78, 5) is 14.8. The zero-order valence-corrected chi connectivity index (χ0v) is 12.8. The Morgan fingerprint density at radius 3 is 2.95 bits per heavy atom. The fourth-order valence-electron chi connectivity index (χ4n) is 3.37. The van der Waals surface area contributed by atoms with Gasteiger partial charge in [0.1, 0.15) is 0 Å². The maximum atomic E-state index is 12.3.